The van der Waals surface area contributed by atoms with Gasteiger partial charge in [-0.2, -0.15) is 0 Å². The minimum absolute atomic E-state index is 0.0522. The van der Waals surface area contributed by atoms with Gasteiger partial charge < -0.3 is 4.57 Å². The Morgan fingerprint density at radius 3 is 1.47 bits per heavy atom. The molecule has 0 radical (unpaired) electrons. The van der Waals surface area contributed by atoms with Gasteiger partial charge in [0.1, 0.15) is 0 Å². The minimum Gasteiger partial charge on any atom is -0.309 e. The summed E-state index contributed by atoms with van der Waals surface area (Å²) in [6.45, 7) is 13.4. The average molecular weight is 803 g/mol. The smallest absolute Gasteiger partial charge is 0.182 e. The molecule has 0 aliphatic heterocycles. The van der Waals surface area contributed by atoms with Gasteiger partial charge in [0, 0.05) is 27.6 Å². The molecule has 0 atom stereocenters. The molecule has 0 amide bonds. The third kappa shape index (κ3) is 7.12. The van der Waals surface area contributed by atoms with Crippen LogP contribution in [0.2, 0.25) is 0 Å². The molecule has 4 heteroatoms. The van der Waals surface area contributed by atoms with E-state index in [1.54, 1.807) is 0 Å². The molecular formula is C58H50N4. The average Bonchev–Trinajstić information content (AvgIpc) is 3.89. The van der Waals surface area contributed by atoms with Gasteiger partial charge in [-0.05, 0) is 97.8 Å². The topological polar surface area (TPSA) is 35.6 Å². The Morgan fingerprint density at radius 2 is 0.855 bits per heavy atom. The van der Waals surface area contributed by atoms with Crippen molar-refractivity contribution >= 4 is 21.8 Å². The standard InChI is InChI=1S/C58H50N4/c1-57(2,3)43-31-24-40(25-32-43)55-59-56(41-26-33-44(34-27-41)58(4,5)6)62(60-55)46-35-28-39(29-36-46)47-18-10-12-20-49(47)50-21-13-11-19-48(50)42-30-37-54-52(38-42)51-22-14-15-23-53(51)61(54)45-16-8-7-9-17-45/h7-38H,1-6H3. The van der Waals surface area contributed by atoms with Crippen LogP contribution in [0.1, 0.15) is 52.7 Å². The number of benzene rings is 8. The number of hydrogen-bond donors (Lipinski definition) is 0. The summed E-state index contributed by atoms with van der Waals surface area (Å²) in [6.07, 6.45) is 0. The summed E-state index contributed by atoms with van der Waals surface area (Å²) in [6, 6.07) is 70.1. The molecule has 0 unspecified atom stereocenters. The van der Waals surface area contributed by atoms with Gasteiger partial charge >= 0.3 is 0 Å². The van der Waals surface area contributed by atoms with Gasteiger partial charge in [0.05, 0.1) is 16.7 Å². The van der Waals surface area contributed by atoms with Crippen molar-refractivity contribution in [1.82, 2.24) is 19.3 Å². The van der Waals surface area contributed by atoms with E-state index < -0.39 is 0 Å². The van der Waals surface area contributed by atoms with E-state index in [-0.39, 0.29) is 10.8 Å². The van der Waals surface area contributed by atoms with Crippen LogP contribution in [0.25, 0.3) is 89.3 Å². The maximum absolute atomic E-state index is 5.19. The molecule has 4 nitrogen and oxygen atoms in total. The van der Waals surface area contributed by atoms with E-state index in [9.17, 15) is 0 Å². The van der Waals surface area contributed by atoms with E-state index in [1.807, 2.05) is 4.68 Å². The predicted molar refractivity (Wildman–Crippen MR) is 260 cm³/mol. The highest BCUT2D eigenvalue weighted by Gasteiger charge is 2.21. The molecule has 0 saturated heterocycles. The van der Waals surface area contributed by atoms with E-state index in [4.69, 9.17) is 10.1 Å². The number of para-hydroxylation sites is 2. The molecule has 0 N–H and O–H groups in total. The fourth-order valence-electron chi connectivity index (χ4n) is 8.76. The van der Waals surface area contributed by atoms with E-state index in [0.717, 1.165) is 33.9 Å². The van der Waals surface area contributed by atoms with Crippen molar-refractivity contribution < 1.29 is 0 Å². The van der Waals surface area contributed by atoms with Gasteiger partial charge in [0.15, 0.2) is 11.6 Å². The maximum Gasteiger partial charge on any atom is 0.182 e. The third-order valence-electron chi connectivity index (χ3n) is 12.2. The zero-order chi connectivity index (χ0) is 42.6. The highest BCUT2D eigenvalue weighted by Crippen LogP contribution is 2.41. The van der Waals surface area contributed by atoms with Crippen molar-refractivity contribution in [2.75, 3.05) is 0 Å². The molecule has 0 bridgehead atoms. The van der Waals surface area contributed by atoms with Gasteiger partial charge in [-0.15, -0.1) is 5.10 Å². The van der Waals surface area contributed by atoms with Crippen molar-refractivity contribution in [2.45, 2.75) is 52.4 Å². The zero-order valence-corrected chi connectivity index (χ0v) is 36.3. The number of fused-ring (bicyclic) bond motifs is 3. The SMILES string of the molecule is CC(C)(C)c1ccc(-c2nc(-c3ccc(C(C)(C)C)cc3)n(-c3ccc(-c4ccccc4-c4ccccc4-c4ccc5c(c4)c4ccccc4n5-c4ccccc4)cc3)n2)cc1. The van der Waals surface area contributed by atoms with Crippen molar-refractivity contribution in [2.24, 2.45) is 0 Å². The number of nitrogens with zero attached hydrogens (tertiary/aromatic N) is 4. The summed E-state index contributed by atoms with van der Waals surface area (Å²) in [4.78, 5) is 5.19. The van der Waals surface area contributed by atoms with Crippen LogP contribution in [0.3, 0.4) is 0 Å². The fourth-order valence-corrected chi connectivity index (χ4v) is 8.76. The van der Waals surface area contributed by atoms with Gasteiger partial charge in [-0.1, -0.05) is 193 Å². The first-order chi connectivity index (χ1) is 30.0. The summed E-state index contributed by atoms with van der Waals surface area (Å²) in [5, 5.41) is 7.65. The highest BCUT2D eigenvalue weighted by molar-refractivity contribution is 6.11. The molecule has 62 heavy (non-hydrogen) atoms. The second-order valence-electron chi connectivity index (χ2n) is 18.4. The molecule has 0 aliphatic carbocycles. The van der Waals surface area contributed by atoms with Gasteiger partial charge in [-0.3, -0.25) is 0 Å². The van der Waals surface area contributed by atoms with Crippen molar-refractivity contribution in [3.63, 3.8) is 0 Å². The van der Waals surface area contributed by atoms with E-state index >= 15 is 0 Å². The molecule has 10 aromatic rings. The lowest BCUT2D eigenvalue weighted by Gasteiger charge is -2.19. The van der Waals surface area contributed by atoms with Crippen LogP contribution in [-0.4, -0.2) is 19.3 Å². The Balaban J connectivity index is 1.04. The van der Waals surface area contributed by atoms with E-state index in [1.165, 1.54) is 60.8 Å². The fraction of sp³-hybridized carbons (Fsp3) is 0.138. The molecule has 302 valence electrons. The summed E-state index contributed by atoms with van der Waals surface area (Å²) in [7, 11) is 0. The Hall–Kier alpha value is -7.30. The Kier molecular flexibility index (Phi) is 9.60. The summed E-state index contributed by atoms with van der Waals surface area (Å²) >= 11 is 0. The monoisotopic (exact) mass is 802 g/mol. The first-order valence-electron chi connectivity index (χ1n) is 21.6. The Bertz CT molecular complexity index is 3210. The second kappa shape index (κ2) is 15.3. The lowest BCUT2D eigenvalue weighted by Crippen LogP contribution is -2.10. The highest BCUT2D eigenvalue weighted by atomic mass is 15.4. The zero-order valence-electron chi connectivity index (χ0n) is 36.3. The molecule has 0 fully saturated rings. The molecular weight excluding hydrogens is 753 g/mol. The van der Waals surface area contributed by atoms with Crippen molar-refractivity contribution in [3.05, 3.63) is 205 Å². The van der Waals surface area contributed by atoms with Gasteiger partial charge in [0.2, 0.25) is 0 Å². The summed E-state index contributed by atoms with van der Waals surface area (Å²) in [5.74, 6) is 1.51. The van der Waals surface area contributed by atoms with Crippen molar-refractivity contribution in [1.29, 1.82) is 0 Å². The molecule has 2 aromatic heterocycles. The van der Waals surface area contributed by atoms with Crippen LogP contribution in [0, 0.1) is 0 Å². The normalized spacial score (nSPS) is 12.0. The maximum atomic E-state index is 5.19. The van der Waals surface area contributed by atoms with Crippen molar-refractivity contribution in [3.8, 4) is 67.5 Å². The largest absolute Gasteiger partial charge is 0.309 e. The van der Waals surface area contributed by atoms with Crippen LogP contribution < -0.4 is 0 Å². The molecule has 8 aromatic carbocycles. The molecule has 0 saturated carbocycles. The molecule has 2 heterocycles. The van der Waals surface area contributed by atoms with Crippen LogP contribution in [0.5, 0.6) is 0 Å². The molecule has 10 rings (SSSR count). The lowest BCUT2D eigenvalue weighted by atomic mass is 9.86. The number of aromatic nitrogens is 4. The van der Waals surface area contributed by atoms with E-state index in [2.05, 4.69) is 240 Å². The van der Waals surface area contributed by atoms with E-state index in [0.29, 0.717) is 5.82 Å². The summed E-state index contributed by atoms with van der Waals surface area (Å²) in [5.41, 5.74) is 16.3. The Labute approximate surface area is 364 Å². The first kappa shape index (κ1) is 38.9. The number of rotatable bonds is 7. The lowest BCUT2D eigenvalue weighted by molar-refractivity contribution is 0.590. The van der Waals surface area contributed by atoms with Crippen LogP contribution in [0.15, 0.2) is 194 Å². The number of hydrogen-bond acceptors (Lipinski definition) is 2. The third-order valence-corrected chi connectivity index (χ3v) is 12.2. The van der Waals surface area contributed by atoms with Gasteiger partial charge in [-0.25, -0.2) is 9.67 Å². The van der Waals surface area contributed by atoms with Crippen LogP contribution in [-0.2, 0) is 10.8 Å². The first-order valence-corrected chi connectivity index (χ1v) is 21.6. The predicted octanol–water partition coefficient (Wildman–Crippen LogP) is 15.3. The van der Waals surface area contributed by atoms with Crippen LogP contribution >= 0.6 is 0 Å². The van der Waals surface area contributed by atoms with Gasteiger partial charge in [0.25, 0.3) is 0 Å². The summed E-state index contributed by atoms with van der Waals surface area (Å²) < 4.78 is 4.37. The molecule has 0 aliphatic rings. The van der Waals surface area contributed by atoms with Crippen LogP contribution in [0.4, 0.5) is 0 Å². The quantitative estimate of drug-likeness (QED) is 0.161. The second-order valence-corrected chi connectivity index (χ2v) is 18.4. The minimum atomic E-state index is 0.0522. The molecule has 0 spiro atoms. The Morgan fingerprint density at radius 1 is 0.371 bits per heavy atom.